The van der Waals surface area contributed by atoms with Gasteiger partial charge >= 0.3 is 0 Å². The van der Waals surface area contributed by atoms with Crippen molar-refractivity contribution in [1.82, 2.24) is 0 Å². The minimum atomic E-state index is -0.389. The lowest BCUT2D eigenvalue weighted by Crippen LogP contribution is -1.86. The molecule has 0 spiro atoms. The fraction of sp³-hybridized carbons (Fsp3) is 0. The summed E-state index contributed by atoms with van der Waals surface area (Å²) in [5, 5.41) is 10.5. The van der Waals surface area contributed by atoms with Gasteiger partial charge in [0.25, 0.3) is 5.69 Å². The molecule has 0 heterocycles. The first-order chi connectivity index (χ1) is 8.15. The van der Waals surface area contributed by atoms with Crippen LogP contribution in [0, 0.1) is 13.7 Å². The molecule has 0 saturated carbocycles. The third kappa shape index (κ3) is 3.44. The molecule has 0 unspecified atom stereocenters. The van der Waals surface area contributed by atoms with Crippen LogP contribution < -0.4 is 0 Å². The van der Waals surface area contributed by atoms with E-state index in [9.17, 15) is 10.1 Å². The van der Waals surface area contributed by atoms with Gasteiger partial charge in [0.05, 0.1) is 4.92 Å². The average molecular weight is 357 g/mol. The van der Waals surface area contributed by atoms with Crippen molar-refractivity contribution in [3.63, 3.8) is 0 Å². The molecule has 0 aromatic heterocycles. The highest BCUT2D eigenvalue weighted by Gasteiger charge is 2.04. The van der Waals surface area contributed by atoms with Crippen molar-refractivity contribution in [2.75, 3.05) is 0 Å². The van der Waals surface area contributed by atoms with Gasteiger partial charge in [0.2, 0.25) is 0 Å². The van der Waals surface area contributed by atoms with E-state index in [4.69, 9.17) is 0 Å². The number of hydrogen-bond donors (Lipinski definition) is 0. The monoisotopic (exact) mass is 357 g/mol. The smallest absolute Gasteiger partial charge is 0.258 e. The van der Waals surface area contributed by atoms with Crippen LogP contribution in [0.2, 0.25) is 0 Å². The molecular weight excluding hydrogens is 349 g/mol. The van der Waals surface area contributed by atoms with Crippen molar-refractivity contribution in [2.45, 2.75) is 9.79 Å². The van der Waals surface area contributed by atoms with Crippen molar-refractivity contribution in [3.05, 3.63) is 62.2 Å². The highest BCUT2D eigenvalue weighted by molar-refractivity contribution is 14.1. The zero-order valence-electron chi connectivity index (χ0n) is 8.67. The Morgan fingerprint density at radius 1 is 1.06 bits per heavy atom. The molecule has 0 aliphatic rings. The van der Waals surface area contributed by atoms with Crippen LogP contribution in [-0.4, -0.2) is 4.92 Å². The summed E-state index contributed by atoms with van der Waals surface area (Å²) in [4.78, 5) is 12.3. The van der Waals surface area contributed by atoms with Gasteiger partial charge in [-0.2, -0.15) is 0 Å². The summed E-state index contributed by atoms with van der Waals surface area (Å²) in [7, 11) is 0. The minimum absolute atomic E-state index is 0.122. The molecule has 2 aromatic carbocycles. The predicted octanol–water partition coefficient (Wildman–Crippen LogP) is 4.35. The van der Waals surface area contributed by atoms with Crippen LogP contribution in [-0.2, 0) is 0 Å². The Morgan fingerprint density at radius 3 is 2.35 bits per heavy atom. The lowest BCUT2D eigenvalue weighted by Gasteiger charge is -2.01. The number of nitro groups is 1. The van der Waals surface area contributed by atoms with Gasteiger partial charge < -0.3 is 0 Å². The van der Waals surface area contributed by atoms with Crippen molar-refractivity contribution >= 4 is 40.0 Å². The molecule has 2 aromatic rings. The quantitative estimate of drug-likeness (QED) is 0.466. The predicted molar refractivity (Wildman–Crippen MR) is 76.4 cm³/mol. The number of halogens is 1. The van der Waals surface area contributed by atoms with Gasteiger partial charge in [-0.25, -0.2) is 0 Å². The summed E-state index contributed by atoms with van der Waals surface area (Å²) in [6.45, 7) is 0. The minimum Gasteiger partial charge on any atom is -0.258 e. The Labute approximate surface area is 117 Å². The number of benzene rings is 2. The molecule has 0 bridgehead atoms. The van der Waals surface area contributed by atoms with E-state index in [1.54, 1.807) is 23.9 Å². The first-order valence-corrected chi connectivity index (χ1v) is 6.72. The van der Waals surface area contributed by atoms with Gasteiger partial charge in [0.1, 0.15) is 0 Å². The molecule has 0 aliphatic heterocycles. The van der Waals surface area contributed by atoms with Gasteiger partial charge in [-0.05, 0) is 52.9 Å². The molecule has 86 valence electrons. The Hall–Kier alpha value is -1.08. The summed E-state index contributed by atoms with van der Waals surface area (Å²) >= 11 is 3.85. The molecule has 0 aliphatic carbocycles. The average Bonchev–Trinajstić information content (AvgIpc) is 2.29. The van der Waals surface area contributed by atoms with Gasteiger partial charge in [-0.15, -0.1) is 0 Å². The largest absolute Gasteiger partial charge is 0.269 e. The van der Waals surface area contributed by atoms with Crippen LogP contribution >= 0.6 is 34.4 Å². The number of hydrogen-bond acceptors (Lipinski definition) is 3. The summed E-state index contributed by atoms with van der Waals surface area (Å²) < 4.78 is 1.18. The van der Waals surface area contributed by atoms with E-state index in [-0.39, 0.29) is 10.6 Å². The molecule has 17 heavy (non-hydrogen) atoms. The van der Waals surface area contributed by atoms with Crippen molar-refractivity contribution in [3.8, 4) is 0 Å². The van der Waals surface area contributed by atoms with Crippen molar-refractivity contribution < 1.29 is 4.92 Å². The topological polar surface area (TPSA) is 43.1 Å². The first-order valence-electron chi connectivity index (χ1n) is 4.83. The van der Waals surface area contributed by atoms with E-state index in [0.29, 0.717) is 0 Å². The summed E-state index contributed by atoms with van der Waals surface area (Å²) in [5.41, 5.74) is 0.122. The highest BCUT2D eigenvalue weighted by atomic mass is 127. The number of nitro benzene ring substituents is 1. The molecule has 3 nitrogen and oxygen atoms in total. The second-order valence-corrected chi connectivity index (χ2v) is 5.70. The first kappa shape index (κ1) is 12.4. The number of non-ortho nitro benzene ring substituents is 1. The van der Waals surface area contributed by atoms with Crippen molar-refractivity contribution in [1.29, 1.82) is 0 Å². The van der Waals surface area contributed by atoms with E-state index in [1.807, 2.05) is 18.2 Å². The number of rotatable bonds is 3. The van der Waals surface area contributed by atoms with Gasteiger partial charge in [0.15, 0.2) is 0 Å². The van der Waals surface area contributed by atoms with Crippen LogP contribution in [0.15, 0.2) is 58.3 Å². The molecule has 2 rings (SSSR count). The van der Waals surface area contributed by atoms with Crippen LogP contribution in [0.3, 0.4) is 0 Å². The maximum atomic E-state index is 10.5. The second-order valence-electron chi connectivity index (χ2n) is 3.31. The Kier molecular flexibility index (Phi) is 4.01. The van der Waals surface area contributed by atoms with Gasteiger partial charge in [0, 0.05) is 25.5 Å². The Balaban J connectivity index is 2.16. The third-order valence-corrected chi connectivity index (χ3v) is 3.75. The molecule has 0 fully saturated rings. The molecular formula is C12H8INO2S. The molecule has 0 N–H and O–H groups in total. The zero-order valence-corrected chi connectivity index (χ0v) is 11.6. The molecule has 5 heteroatoms. The van der Waals surface area contributed by atoms with E-state index in [1.165, 1.54) is 15.7 Å². The molecule has 0 amide bonds. The van der Waals surface area contributed by atoms with Gasteiger partial charge in [-0.3, -0.25) is 10.1 Å². The zero-order chi connectivity index (χ0) is 12.3. The fourth-order valence-corrected chi connectivity index (χ4v) is 2.93. The standard InChI is InChI=1S/C12H8INO2S/c13-9-2-1-3-12(8-9)17-11-6-4-10(5-7-11)14(15)16/h1-8H. The second kappa shape index (κ2) is 5.50. The van der Waals surface area contributed by atoms with Crippen LogP contribution in [0.4, 0.5) is 5.69 Å². The molecule has 0 atom stereocenters. The third-order valence-electron chi connectivity index (χ3n) is 2.08. The van der Waals surface area contributed by atoms with E-state index in [0.717, 1.165) is 9.79 Å². The van der Waals surface area contributed by atoms with E-state index < -0.39 is 0 Å². The number of nitrogens with zero attached hydrogens (tertiary/aromatic N) is 1. The van der Waals surface area contributed by atoms with Crippen LogP contribution in [0.25, 0.3) is 0 Å². The van der Waals surface area contributed by atoms with E-state index in [2.05, 4.69) is 28.7 Å². The Bertz CT molecular complexity index is 542. The SMILES string of the molecule is O=[N+]([O-])c1ccc(Sc2cccc(I)c2)cc1. The normalized spacial score (nSPS) is 10.2. The summed E-state index contributed by atoms with van der Waals surface area (Å²) in [6.07, 6.45) is 0. The summed E-state index contributed by atoms with van der Waals surface area (Å²) in [5.74, 6) is 0. The fourth-order valence-electron chi connectivity index (χ4n) is 1.30. The Morgan fingerprint density at radius 2 is 1.76 bits per heavy atom. The van der Waals surface area contributed by atoms with Crippen LogP contribution in [0.5, 0.6) is 0 Å². The molecule has 0 radical (unpaired) electrons. The lowest BCUT2D eigenvalue weighted by molar-refractivity contribution is -0.384. The summed E-state index contributed by atoms with van der Waals surface area (Å²) in [6, 6.07) is 14.7. The van der Waals surface area contributed by atoms with Crippen LogP contribution in [0.1, 0.15) is 0 Å². The maximum Gasteiger partial charge on any atom is 0.269 e. The van der Waals surface area contributed by atoms with Gasteiger partial charge in [-0.1, -0.05) is 17.8 Å². The molecule has 0 saturated heterocycles. The highest BCUT2D eigenvalue weighted by Crippen LogP contribution is 2.29. The lowest BCUT2D eigenvalue weighted by atomic mass is 10.3. The van der Waals surface area contributed by atoms with E-state index >= 15 is 0 Å². The van der Waals surface area contributed by atoms with Crippen molar-refractivity contribution in [2.24, 2.45) is 0 Å². The maximum absolute atomic E-state index is 10.5.